The smallest absolute Gasteiger partial charge is 0.387 e. The summed E-state index contributed by atoms with van der Waals surface area (Å²) in [5.41, 5.74) is 1.44. The first-order valence-electron chi connectivity index (χ1n) is 9.65. The summed E-state index contributed by atoms with van der Waals surface area (Å²) >= 11 is 0. The third-order valence-corrected chi connectivity index (χ3v) is 4.76. The maximum atomic E-state index is 13.0. The number of methoxy groups -OCH3 is 1. The molecule has 1 aliphatic heterocycles. The lowest BCUT2D eigenvalue weighted by molar-refractivity contribution is -0.139. The predicted molar refractivity (Wildman–Crippen MR) is 107 cm³/mol. The number of para-hydroxylation sites is 1. The Morgan fingerprint density at radius 3 is 2.23 bits per heavy atom. The molecule has 1 N–H and O–H groups in total. The number of ether oxygens (including phenoxy) is 3. The molecule has 0 saturated heterocycles. The highest BCUT2D eigenvalue weighted by molar-refractivity contribution is 6.00. The zero-order chi connectivity index (χ0) is 22.4. The first kappa shape index (κ1) is 23.4. The van der Waals surface area contributed by atoms with E-state index in [1.165, 1.54) is 19.2 Å². The minimum atomic E-state index is -3.06. The van der Waals surface area contributed by atoms with Crippen molar-refractivity contribution in [3.8, 4) is 5.75 Å². The second-order valence-corrected chi connectivity index (χ2v) is 7.36. The van der Waals surface area contributed by atoms with Crippen LogP contribution in [-0.4, -0.2) is 32.3 Å². The normalized spacial score (nSPS) is 16.6. The van der Waals surface area contributed by atoms with Gasteiger partial charge in [-0.25, -0.2) is 9.59 Å². The molecule has 0 fully saturated rings. The van der Waals surface area contributed by atoms with E-state index in [1.807, 2.05) is 13.8 Å². The average molecular weight is 423 g/mol. The number of carbonyl (C=O) groups is 2. The summed E-state index contributed by atoms with van der Waals surface area (Å²) in [7, 11) is 1.22. The van der Waals surface area contributed by atoms with E-state index in [-0.39, 0.29) is 29.1 Å². The highest BCUT2D eigenvalue weighted by Crippen LogP contribution is 2.43. The zero-order valence-electron chi connectivity index (χ0n) is 17.8. The van der Waals surface area contributed by atoms with Gasteiger partial charge in [0.2, 0.25) is 0 Å². The van der Waals surface area contributed by atoms with Crippen molar-refractivity contribution in [2.75, 3.05) is 13.7 Å². The van der Waals surface area contributed by atoms with Crippen LogP contribution in [0.2, 0.25) is 0 Å². The van der Waals surface area contributed by atoms with Crippen molar-refractivity contribution in [2.45, 2.75) is 46.6 Å². The van der Waals surface area contributed by atoms with Gasteiger partial charge in [0.15, 0.2) is 0 Å². The molecule has 1 unspecified atom stereocenters. The molecule has 0 aromatic heterocycles. The minimum absolute atomic E-state index is 0.129. The number of benzene rings is 1. The van der Waals surface area contributed by atoms with E-state index in [4.69, 9.17) is 9.47 Å². The first-order valence-corrected chi connectivity index (χ1v) is 9.65. The van der Waals surface area contributed by atoms with Crippen LogP contribution in [0.4, 0.5) is 8.78 Å². The summed E-state index contributed by atoms with van der Waals surface area (Å²) in [5, 5.41) is 3.00. The third-order valence-electron chi connectivity index (χ3n) is 4.76. The van der Waals surface area contributed by atoms with Gasteiger partial charge in [-0.1, -0.05) is 32.0 Å². The average Bonchev–Trinajstić information content (AvgIpc) is 2.66. The van der Waals surface area contributed by atoms with Gasteiger partial charge >= 0.3 is 18.6 Å². The summed E-state index contributed by atoms with van der Waals surface area (Å²) in [6, 6.07) is 6.06. The van der Waals surface area contributed by atoms with E-state index >= 15 is 0 Å². The monoisotopic (exact) mass is 423 g/mol. The highest BCUT2D eigenvalue weighted by Gasteiger charge is 2.39. The van der Waals surface area contributed by atoms with E-state index < -0.39 is 24.5 Å². The van der Waals surface area contributed by atoms with Crippen LogP contribution in [0, 0.1) is 5.92 Å². The van der Waals surface area contributed by atoms with E-state index in [0.717, 1.165) is 0 Å². The van der Waals surface area contributed by atoms with Crippen molar-refractivity contribution < 1.29 is 32.6 Å². The number of rotatable bonds is 8. The van der Waals surface area contributed by atoms with Crippen molar-refractivity contribution in [1.82, 2.24) is 5.32 Å². The van der Waals surface area contributed by atoms with Crippen LogP contribution in [0.3, 0.4) is 0 Å². The number of hydrogen-bond donors (Lipinski definition) is 1. The van der Waals surface area contributed by atoms with Crippen LogP contribution in [-0.2, 0) is 19.1 Å². The van der Waals surface area contributed by atoms with Crippen LogP contribution >= 0.6 is 0 Å². The fourth-order valence-electron chi connectivity index (χ4n) is 3.34. The third kappa shape index (κ3) is 5.37. The SMILES string of the molecule is COC(=O)C1=C(C)NC(C)=C(C(=O)OCCC(C)C)C1c1ccccc1OC(F)F. The Morgan fingerprint density at radius 1 is 1.07 bits per heavy atom. The van der Waals surface area contributed by atoms with Crippen LogP contribution in [0.1, 0.15) is 45.6 Å². The number of halogens is 2. The Balaban J connectivity index is 2.59. The molecule has 0 bridgehead atoms. The molecule has 1 atom stereocenters. The lowest BCUT2D eigenvalue weighted by atomic mass is 9.80. The molecule has 164 valence electrons. The van der Waals surface area contributed by atoms with E-state index in [2.05, 4.69) is 10.1 Å². The molecule has 1 aromatic carbocycles. The van der Waals surface area contributed by atoms with E-state index in [9.17, 15) is 18.4 Å². The molecule has 1 heterocycles. The molecule has 1 aliphatic rings. The van der Waals surface area contributed by atoms with Crippen molar-refractivity contribution >= 4 is 11.9 Å². The van der Waals surface area contributed by atoms with Crippen molar-refractivity contribution in [3.05, 3.63) is 52.4 Å². The van der Waals surface area contributed by atoms with Gasteiger partial charge in [-0.15, -0.1) is 0 Å². The summed E-state index contributed by atoms with van der Waals surface area (Å²) in [5.74, 6) is -2.10. The van der Waals surface area contributed by atoms with Crippen LogP contribution in [0.25, 0.3) is 0 Å². The van der Waals surface area contributed by atoms with Crippen LogP contribution in [0.5, 0.6) is 5.75 Å². The second-order valence-electron chi connectivity index (χ2n) is 7.36. The van der Waals surface area contributed by atoms with Gasteiger partial charge in [-0.3, -0.25) is 0 Å². The number of carbonyl (C=O) groups excluding carboxylic acids is 2. The standard InChI is InChI=1S/C22H27F2NO5/c1-12(2)10-11-29-21(27)18-14(4)25-13(3)17(20(26)28-5)19(18)15-8-6-7-9-16(15)30-22(23)24/h6-9,12,19,22,25H,10-11H2,1-5H3. The zero-order valence-corrected chi connectivity index (χ0v) is 17.8. The molecule has 0 amide bonds. The lowest BCUT2D eigenvalue weighted by Gasteiger charge is -2.31. The van der Waals surface area contributed by atoms with E-state index in [1.54, 1.807) is 26.0 Å². The molecule has 0 radical (unpaired) electrons. The molecule has 6 nitrogen and oxygen atoms in total. The molecule has 30 heavy (non-hydrogen) atoms. The molecule has 0 aliphatic carbocycles. The van der Waals surface area contributed by atoms with Gasteiger partial charge in [0, 0.05) is 17.0 Å². The Bertz CT molecular complexity index is 861. The van der Waals surface area contributed by atoms with Crippen molar-refractivity contribution in [3.63, 3.8) is 0 Å². The van der Waals surface area contributed by atoms with Gasteiger partial charge in [-0.05, 0) is 32.3 Å². The van der Waals surface area contributed by atoms with Crippen molar-refractivity contribution in [1.29, 1.82) is 0 Å². The fraction of sp³-hybridized carbons (Fsp3) is 0.455. The molecular formula is C22H27F2NO5. The van der Waals surface area contributed by atoms with Crippen molar-refractivity contribution in [2.24, 2.45) is 5.92 Å². The van der Waals surface area contributed by atoms with E-state index in [0.29, 0.717) is 23.7 Å². The number of hydrogen-bond acceptors (Lipinski definition) is 6. The number of nitrogens with one attached hydrogen (secondary N) is 1. The minimum Gasteiger partial charge on any atom is -0.466 e. The number of allylic oxidation sites excluding steroid dienone is 2. The Morgan fingerprint density at radius 2 is 1.67 bits per heavy atom. The topological polar surface area (TPSA) is 73.9 Å². The predicted octanol–water partition coefficient (Wildman–Crippen LogP) is 4.29. The molecule has 8 heteroatoms. The van der Waals surface area contributed by atoms with Gasteiger partial charge < -0.3 is 19.5 Å². The number of esters is 2. The molecular weight excluding hydrogens is 396 g/mol. The fourth-order valence-corrected chi connectivity index (χ4v) is 3.34. The van der Waals surface area contributed by atoms with Crippen LogP contribution in [0.15, 0.2) is 46.8 Å². The Hall–Kier alpha value is -2.90. The molecule has 1 aromatic rings. The van der Waals surface area contributed by atoms with Gasteiger partial charge in [0.1, 0.15) is 5.75 Å². The number of alkyl halides is 2. The Kier molecular flexibility index (Phi) is 7.97. The summed E-state index contributed by atoms with van der Waals surface area (Å²) in [4.78, 5) is 25.6. The second kappa shape index (κ2) is 10.2. The molecule has 0 spiro atoms. The highest BCUT2D eigenvalue weighted by atomic mass is 19.3. The summed E-state index contributed by atoms with van der Waals surface area (Å²) in [6.45, 7) is 4.46. The van der Waals surface area contributed by atoms with Gasteiger partial charge in [0.25, 0.3) is 0 Å². The molecule has 0 saturated carbocycles. The maximum Gasteiger partial charge on any atom is 0.387 e. The van der Waals surface area contributed by atoms with Gasteiger partial charge in [-0.2, -0.15) is 8.78 Å². The quantitative estimate of drug-likeness (QED) is 0.629. The Labute approximate surface area is 174 Å². The first-order chi connectivity index (χ1) is 14.2. The van der Waals surface area contributed by atoms with Crippen LogP contribution < -0.4 is 10.1 Å². The lowest BCUT2D eigenvalue weighted by Crippen LogP contribution is -2.32. The van der Waals surface area contributed by atoms with Gasteiger partial charge in [0.05, 0.1) is 30.8 Å². The summed E-state index contributed by atoms with van der Waals surface area (Å²) in [6.07, 6.45) is 0.667. The summed E-state index contributed by atoms with van der Waals surface area (Å²) < 4.78 is 41.0. The number of dihydropyridines is 1. The molecule has 2 rings (SSSR count). The largest absolute Gasteiger partial charge is 0.466 e. The maximum absolute atomic E-state index is 13.0.